The number of aromatic nitrogens is 2. The lowest BCUT2D eigenvalue weighted by molar-refractivity contribution is 0.0641. The first-order chi connectivity index (χ1) is 6.63. The van der Waals surface area contributed by atoms with Gasteiger partial charge < -0.3 is 10.2 Å². The molecule has 0 spiro atoms. The highest BCUT2D eigenvalue weighted by atomic mass is 16.4. The van der Waals surface area contributed by atoms with E-state index in [0.29, 0.717) is 0 Å². The molecular formula is C6H8N4O4. The van der Waals surface area contributed by atoms with Gasteiger partial charge in [-0.05, 0) is 0 Å². The van der Waals surface area contributed by atoms with Gasteiger partial charge in [0.25, 0.3) is 0 Å². The maximum absolute atomic E-state index is 10.4. The first-order valence-corrected chi connectivity index (χ1v) is 3.24. The number of carboxylic acid groups (broad SMARTS) is 2. The van der Waals surface area contributed by atoms with Crippen molar-refractivity contribution in [3.05, 3.63) is 23.8 Å². The minimum absolute atomic E-state index is 0.551. The third kappa shape index (κ3) is 2.77. The zero-order valence-electron chi connectivity index (χ0n) is 6.91. The number of hydrogen-bond donors (Lipinski definition) is 4. The van der Waals surface area contributed by atoms with Crippen LogP contribution in [-0.4, -0.2) is 32.1 Å². The van der Waals surface area contributed by atoms with Gasteiger partial charge in [-0.1, -0.05) is 0 Å². The van der Waals surface area contributed by atoms with Crippen molar-refractivity contribution in [2.75, 3.05) is 0 Å². The van der Waals surface area contributed by atoms with Crippen molar-refractivity contribution in [2.45, 2.75) is 0 Å². The van der Waals surface area contributed by atoms with Crippen LogP contribution in [-0.2, 0) is 0 Å². The Hall–Kier alpha value is -2.06. The molecule has 8 heteroatoms. The zero-order valence-corrected chi connectivity index (χ0v) is 6.91. The Morgan fingerprint density at radius 3 is 1.50 bits per heavy atom. The number of carbonyl (C=O) groups is 2. The van der Waals surface area contributed by atoms with Crippen molar-refractivity contribution >= 4 is 11.9 Å². The van der Waals surface area contributed by atoms with Gasteiger partial charge in [0.15, 0.2) is 11.4 Å². The van der Waals surface area contributed by atoms with E-state index < -0.39 is 23.3 Å². The minimum Gasteiger partial charge on any atom is -0.476 e. The number of rotatable bonds is 2. The van der Waals surface area contributed by atoms with Gasteiger partial charge in [-0.2, -0.15) is 0 Å². The summed E-state index contributed by atoms with van der Waals surface area (Å²) < 4.78 is 0. The number of hydrogen-bond acceptors (Lipinski definition) is 6. The lowest BCUT2D eigenvalue weighted by Gasteiger charge is -1.96. The molecule has 0 amide bonds. The number of hydrazine groups is 1. The van der Waals surface area contributed by atoms with Gasteiger partial charge in [0, 0.05) is 12.4 Å². The van der Waals surface area contributed by atoms with Crippen LogP contribution in [0.4, 0.5) is 0 Å². The summed E-state index contributed by atoms with van der Waals surface area (Å²) in [4.78, 5) is 27.4. The quantitative estimate of drug-likeness (QED) is 0.339. The maximum atomic E-state index is 10.4. The molecule has 14 heavy (non-hydrogen) atoms. The summed E-state index contributed by atoms with van der Waals surface area (Å²) in [5, 5.41) is 16.9. The van der Waals surface area contributed by atoms with Gasteiger partial charge >= 0.3 is 11.9 Å². The second kappa shape index (κ2) is 5.56. The standard InChI is InChI=1S/C6H4N2O4.H4N2/c9-5(10)3-4(6(11)12)8-2-1-7-3;1-2/h1-2H,(H,9,10)(H,11,12);1-2H2. The summed E-state index contributed by atoms with van der Waals surface area (Å²) in [6.07, 6.45) is 2.24. The van der Waals surface area contributed by atoms with Gasteiger partial charge in [0.1, 0.15) is 0 Å². The van der Waals surface area contributed by atoms with E-state index in [1.54, 1.807) is 0 Å². The van der Waals surface area contributed by atoms with E-state index in [4.69, 9.17) is 10.2 Å². The maximum Gasteiger partial charge on any atom is 0.357 e. The summed E-state index contributed by atoms with van der Waals surface area (Å²) in [5.74, 6) is 5.20. The average molecular weight is 200 g/mol. The van der Waals surface area contributed by atoms with Crippen molar-refractivity contribution in [1.29, 1.82) is 0 Å². The van der Waals surface area contributed by atoms with Crippen LogP contribution < -0.4 is 11.7 Å². The third-order valence-electron chi connectivity index (χ3n) is 1.10. The molecule has 0 unspecified atom stereocenters. The smallest absolute Gasteiger partial charge is 0.357 e. The van der Waals surface area contributed by atoms with E-state index in [-0.39, 0.29) is 0 Å². The first kappa shape index (κ1) is 11.9. The Labute approximate surface area is 78.2 Å². The number of nitrogens with two attached hydrogens (primary N) is 2. The van der Waals surface area contributed by atoms with Crippen LogP contribution in [0.2, 0.25) is 0 Å². The van der Waals surface area contributed by atoms with Crippen LogP contribution >= 0.6 is 0 Å². The topological polar surface area (TPSA) is 152 Å². The van der Waals surface area contributed by atoms with Crippen LogP contribution in [0.5, 0.6) is 0 Å². The van der Waals surface area contributed by atoms with E-state index in [1.165, 1.54) is 0 Å². The Kier molecular flexibility index (Phi) is 4.74. The fourth-order valence-electron chi connectivity index (χ4n) is 0.651. The number of carboxylic acids is 2. The second-order valence-corrected chi connectivity index (χ2v) is 1.86. The monoisotopic (exact) mass is 200 g/mol. The molecule has 0 fully saturated rings. The summed E-state index contributed by atoms with van der Waals surface area (Å²) in [7, 11) is 0. The van der Waals surface area contributed by atoms with Gasteiger partial charge in [-0.25, -0.2) is 19.6 Å². The molecule has 1 heterocycles. The Balaban J connectivity index is 0.000000791. The van der Waals surface area contributed by atoms with Crippen LogP contribution in [0.1, 0.15) is 21.0 Å². The summed E-state index contributed by atoms with van der Waals surface area (Å²) in [6.45, 7) is 0. The highest BCUT2D eigenvalue weighted by molar-refractivity contribution is 5.98. The Morgan fingerprint density at radius 1 is 1.00 bits per heavy atom. The fourth-order valence-corrected chi connectivity index (χ4v) is 0.651. The van der Waals surface area contributed by atoms with E-state index in [0.717, 1.165) is 12.4 Å². The lowest BCUT2D eigenvalue weighted by atomic mass is 10.3. The second-order valence-electron chi connectivity index (χ2n) is 1.86. The molecule has 0 radical (unpaired) electrons. The van der Waals surface area contributed by atoms with E-state index in [2.05, 4.69) is 21.7 Å². The van der Waals surface area contributed by atoms with E-state index in [1.807, 2.05) is 0 Å². The van der Waals surface area contributed by atoms with Crippen LogP contribution in [0.25, 0.3) is 0 Å². The summed E-state index contributed by atoms with van der Waals surface area (Å²) in [6, 6.07) is 0. The normalized spacial score (nSPS) is 8.43. The molecule has 1 aromatic heterocycles. The molecule has 0 bridgehead atoms. The SMILES string of the molecule is NN.O=C(O)c1nccnc1C(=O)O. The van der Waals surface area contributed by atoms with Gasteiger partial charge in [0.2, 0.25) is 0 Å². The van der Waals surface area contributed by atoms with E-state index in [9.17, 15) is 9.59 Å². The largest absolute Gasteiger partial charge is 0.476 e. The Morgan fingerprint density at radius 2 is 1.29 bits per heavy atom. The first-order valence-electron chi connectivity index (χ1n) is 3.24. The van der Waals surface area contributed by atoms with Crippen LogP contribution in [0.3, 0.4) is 0 Å². The van der Waals surface area contributed by atoms with Gasteiger partial charge in [0.05, 0.1) is 0 Å². The molecule has 8 nitrogen and oxygen atoms in total. The molecule has 76 valence electrons. The summed E-state index contributed by atoms with van der Waals surface area (Å²) in [5.41, 5.74) is -1.10. The molecule has 0 saturated carbocycles. The van der Waals surface area contributed by atoms with Crippen molar-refractivity contribution in [3.8, 4) is 0 Å². The summed E-state index contributed by atoms with van der Waals surface area (Å²) >= 11 is 0. The lowest BCUT2D eigenvalue weighted by Crippen LogP contribution is -2.12. The van der Waals surface area contributed by atoms with Crippen LogP contribution in [0.15, 0.2) is 12.4 Å². The molecular weight excluding hydrogens is 192 g/mol. The van der Waals surface area contributed by atoms with Gasteiger partial charge in [-0.15, -0.1) is 0 Å². The van der Waals surface area contributed by atoms with Crippen molar-refractivity contribution in [2.24, 2.45) is 11.7 Å². The predicted octanol–water partition coefficient (Wildman–Crippen LogP) is -1.31. The molecule has 1 rings (SSSR count). The predicted molar refractivity (Wildman–Crippen MR) is 44.3 cm³/mol. The number of nitrogens with zero attached hydrogens (tertiary/aromatic N) is 2. The molecule has 0 aliphatic heterocycles. The highest BCUT2D eigenvalue weighted by Crippen LogP contribution is 2.00. The number of aromatic carboxylic acids is 2. The molecule has 0 atom stereocenters. The van der Waals surface area contributed by atoms with Crippen molar-refractivity contribution < 1.29 is 19.8 Å². The molecule has 0 saturated heterocycles. The minimum atomic E-state index is -1.40. The zero-order chi connectivity index (χ0) is 11.1. The average Bonchev–Trinajstić information content (AvgIpc) is 2.20. The van der Waals surface area contributed by atoms with Crippen LogP contribution in [0, 0.1) is 0 Å². The van der Waals surface area contributed by atoms with Crippen molar-refractivity contribution in [1.82, 2.24) is 9.97 Å². The third-order valence-corrected chi connectivity index (χ3v) is 1.10. The molecule has 1 aromatic rings. The van der Waals surface area contributed by atoms with E-state index >= 15 is 0 Å². The molecule has 0 aliphatic rings. The Bertz CT molecular complexity index is 307. The molecule has 6 N–H and O–H groups in total. The van der Waals surface area contributed by atoms with Crippen molar-refractivity contribution in [3.63, 3.8) is 0 Å². The fraction of sp³-hybridized carbons (Fsp3) is 0. The molecule has 0 aromatic carbocycles. The van der Waals surface area contributed by atoms with Gasteiger partial charge in [-0.3, -0.25) is 11.7 Å². The molecule has 0 aliphatic carbocycles. The highest BCUT2D eigenvalue weighted by Gasteiger charge is 2.17.